The molecule has 0 atom stereocenters. The van der Waals surface area contributed by atoms with E-state index >= 15 is 0 Å². The van der Waals surface area contributed by atoms with Gasteiger partial charge < -0.3 is 9.47 Å². The van der Waals surface area contributed by atoms with Crippen LogP contribution in [-0.4, -0.2) is 29.5 Å². The SMILES string of the molecule is COC(=O)COc1c(Sc2ccc(C(F)(F)F)cc2)c(C)nn1C. The van der Waals surface area contributed by atoms with Crippen molar-refractivity contribution in [3.05, 3.63) is 35.5 Å². The molecule has 1 aromatic heterocycles. The fraction of sp³-hybridized carbons (Fsp3) is 0.333. The lowest BCUT2D eigenvalue weighted by Gasteiger charge is -2.09. The first-order valence-corrected chi connectivity index (χ1v) is 7.62. The number of halogens is 3. The number of carbonyl (C=O) groups is 1. The molecule has 1 heterocycles. The van der Waals surface area contributed by atoms with Crippen molar-refractivity contribution >= 4 is 17.7 Å². The van der Waals surface area contributed by atoms with E-state index in [1.807, 2.05) is 0 Å². The summed E-state index contributed by atoms with van der Waals surface area (Å²) in [6.45, 7) is 1.47. The third kappa shape index (κ3) is 4.22. The standard InChI is InChI=1S/C15H15F3N2O3S/c1-9-13(14(20(2)19-9)23-8-12(21)22-3)24-11-6-4-10(5-7-11)15(16,17)18/h4-7H,8H2,1-3H3. The number of esters is 1. The first-order valence-electron chi connectivity index (χ1n) is 6.80. The molecule has 0 fully saturated rings. The normalized spacial score (nSPS) is 11.4. The molecule has 0 saturated carbocycles. The zero-order valence-corrected chi connectivity index (χ0v) is 14.0. The maximum Gasteiger partial charge on any atom is 0.416 e. The number of hydrogen-bond donors (Lipinski definition) is 0. The second-order valence-corrected chi connectivity index (χ2v) is 5.92. The fourth-order valence-corrected chi connectivity index (χ4v) is 2.88. The molecule has 0 saturated heterocycles. The van der Waals surface area contributed by atoms with Crippen LogP contribution in [0.15, 0.2) is 34.1 Å². The Bertz CT molecular complexity index is 727. The zero-order valence-electron chi connectivity index (χ0n) is 13.2. The average molecular weight is 360 g/mol. The summed E-state index contributed by atoms with van der Waals surface area (Å²) in [7, 11) is 2.90. The number of hydrogen-bond acceptors (Lipinski definition) is 5. The van der Waals surface area contributed by atoms with Crippen LogP contribution in [0.2, 0.25) is 0 Å². The van der Waals surface area contributed by atoms with E-state index < -0.39 is 17.7 Å². The zero-order chi connectivity index (χ0) is 17.9. The molecule has 0 spiro atoms. The van der Waals surface area contributed by atoms with Crippen molar-refractivity contribution in [2.75, 3.05) is 13.7 Å². The highest BCUT2D eigenvalue weighted by atomic mass is 32.2. The van der Waals surface area contributed by atoms with E-state index in [0.29, 0.717) is 21.4 Å². The maximum absolute atomic E-state index is 12.6. The van der Waals surface area contributed by atoms with Crippen molar-refractivity contribution in [2.45, 2.75) is 22.9 Å². The summed E-state index contributed by atoms with van der Waals surface area (Å²) in [6, 6.07) is 4.79. The maximum atomic E-state index is 12.6. The van der Waals surface area contributed by atoms with Gasteiger partial charge in [-0.2, -0.15) is 18.3 Å². The van der Waals surface area contributed by atoms with Crippen LogP contribution >= 0.6 is 11.8 Å². The van der Waals surface area contributed by atoms with Gasteiger partial charge in [-0.3, -0.25) is 0 Å². The van der Waals surface area contributed by atoms with E-state index in [2.05, 4.69) is 9.84 Å². The Morgan fingerprint density at radius 2 is 1.92 bits per heavy atom. The number of aromatic nitrogens is 2. The van der Waals surface area contributed by atoms with Crippen LogP contribution < -0.4 is 4.74 Å². The first-order chi connectivity index (χ1) is 11.2. The van der Waals surface area contributed by atoms with Crippen molar-refractivity contribution < 1.29 is 27.4 Å². The molecule has 0 aliphatic heterocycles. The summed E-state index contributed by atoms with van der Waals surface area (Å²) in [5.41, 5.74) is -0.0702. The predicted octanol–water partition coefficient (Wildman–Crippen LogP) is 3.45. The molecule has 9 heteroatoms. The van der Waals surface area contributed by atoms with Crippen molar-refractivity contribution in [3.8, 4) is 5.88 Å². The number of nitrogens with zero attached hydrogens (tertiary/aromatic N) is 2. The lowest BCUT2D eigenvalue weighted by molar-refractivity contribution is -0.143. The highest BCUT2D eigenvalue weighted by molar-refractivity contribution is 7.99. The molecule has 2 aromatic rings. The van der Waals surface area contributed by atoms with Gasteiger partial charge in [-0.1, -0.05) is 11.8 Å². The number of methoxy groups -OCH3 is 1. The minimum Gasteiger partial charge on any atom is -0.466 e. The van der Waals surface area contributed by atoms with Crippen LogP contribution in [0.4, 0.5) is 13.2 Å². The number of rotatable bonds is 5. The number of carbonyl (C=O) groups excluding carboxylic acids is 1. The minimum absolute atomic E-state index is 0.282. The molecule has 0 bridgehead atoms. The molecule has 1 aromatic carbocycles. The van der Waals surface area contributed by atoms with Gasteiger partial charge in [-0.05, 0) is 31.2 Å². The van der Waals surface area contributed by atoms with Crippen LogP contribution in [0, 0.1) is 6.92 Å². The van der Waals surface area contributed by atoms with E-state index in [1.54, 1.807) is 14.0 Å². The quantitative estimate of drug-likeness (QED) is 0.765. The monoisotopic (exact) mass is 360 g/mol. The van der Waals surface area contributed by atoms with Gasteiger partial charge >= 0.3 is 12.1 Å². The number of alkyl halides is 3. The topological polar surface area (TPSA) is 53.4 Å². The minimum atomic E-state index is -4.37. The van der Waals surface area contributed by atoms with E-state index in [4.69, 9.17) is 4.74 Å². The van der Waals surface area contributed by atoms with Crippen LogP contribution in [0.1, 0.15) is 11.3 Å². The summed E-state index contributed by atoms with van der Waals surface area (Å²) in [4.78, 5) is 12.4. The lowest BCUT2D eigenvalue weighted by Crippen LogP contribution is -2.14. The molecule has 0 unspecified atom stereocenters. The smallest absolute Gasteiger partial charge is 0.416 e. The van der Waals surface area contributed by atoms with Gasteiger partial charge in [0.25, 0.3) is 0 Å². The summed E-state index contributed by atoms with van der Waals surface area (Å²) < 4.78 is 49.2. The largest absolute Gasteiger partial charge is 0.466 e. The molecular weight excluding hydrogens is 345 g/mol. The van der Waals surface area contributed by atoms with Crippen molar-refractivity contribution in [1.29, 1.82) is 0 Å². The van der Waals surface area contributed by atoms with Gasteiger partial charge in [-0.25, -0.2) is 9.48 Å². The molecule has 24 heavy (non-hydrogen) atoms. The highest BCUT2D eigenvalue weighted by Gasteiger charge is 2.30. The molecule has 5 nitrogen and oxygen atoms in total. The van der Waals surface area contributed by atoms with Gasteiger partial charge in [0.15, 0.2) is 6.61 Å². The van der Waals surface area contributed by atoms with Gasteiger partial charge in [0.2, 0.25) is 5.88 Å². The molecular formula is C15H15F3N2O3S. The third-order valence-corrected chi connectivity index (χ3v) is 4.25. The number of benzene rings is 1. The summed E-state index contributed by atoms with van der Waals surface area (Å²) in [5, 5.41) is 4.21. The van der Waals surface area contributed by atoms with E-state index in [9.17, 15) is 18.0 Å². The average Bonchev–Trinajstić information content (AvgIpc) is 2.78. The van der Waals surface area contributed by atoms with Crippen molar-refractivity contribution in [1.82, 2.24) is 9.78 Å². The Hall–Kier alpha value is -2.16. The van der Waals surface area contributed by atoms with E-state index in [-0.39, 0.29) is 6.61 Å². The van der Waals surface area contributed by atoms with Crippen molar-refractivity contribution in [3.63, 3.8) is 0 Å². The van der Waals surface area contributed by atoms with Gasteiger partial charge in [0.05, 0.1) is 23.3 Å². The van der Waals surface area contributed by atoms with Gasteiger partial charge in [-0.15, -0.1) is 0 Å². The van der Waals surface area contributed by atoms with Crippen molar-refractivity contribution in [2.24, 2.45) is 7.05 Å². The Balaban J connectivity index is 2.21. The number of ether oxygens (including phenoxy) is 2. The van der Waals surface area contributed by atoms with Crippen LogP contribution in [-0.2, 0) is 22.8 Å². The van der Waals surface area contributed by atoms with E-state index in [0.717, 1.165) is 12.1 Å². The highest BCUT2D eigenvalue weighted by Crippen LogP contribution is 2.38. The summed E-state index contributed by atoms with van der Waals surface area (Å²) in [6.07, 6.45) is -4.37. The van der Waals surface area contributed by atoms with Gasteiger partial charge in [0, 0.05) is 11.9 Å². The predicted molar refractivity (Wildman–Crippen MR) is 81.0 cm³/mol. The Morgan fingerprint density at radius 3 is 2.46 bits per heavy atom. The van der Waals surface area contributed by atoms with E-state index in [1.165, 1.54) is 35.7 Å². The summed E-state index contributed by atoms with van der Waals surface area (Å²) in [5.74, 6) is -0.192. The summed E-state index contributed by atoms with van der Waals surface area (Å²) >= 11 is 1.21. The third-order valence-electron chi connectivity index (χ3n) is 3.07. The molecule has 0 radical (unpaired) electrons. The Morgan fingerprint density at radius 1 is 1.29 bits per heavy atom. The molecule has 0 amide bonds. The Labute approximate surface area is 140 Å². The molecule has 0 N–H and O–H groups in total. The lowest BCUT2D eigenvalue weighted by atomic mass is 10.2. The van der Waals surface area contributed by atoms with Crippen LogP contribution in [0.3, 0.4) is 0 Å². The second kappa shape index (κ2) is 7.16. The molecule has 0 aliphatic carbocycles. The first kappa shape index (κ1) is 18.2. The second-order valence-electron chi connectivity index (χ2n) is 4.83. The van der Waals surface area contributed by atoms with Crippen LogP contribution in [0.25, 0.3) is 0 Å². The molecule has 130 valence electrons. The molecule has 2 rings (SSSR count). The molecule has 0 aliphatic rings. The number of aryl methyl sites for hydroxylation is 2. The van der Waals surface area contributed by atoms with Gasteiger partial charge in [0.1, 0.15) is 0 Å². The fourth-order valence-electron chi connectivity index (χ4n) is 1.91. The Kier molecular flexibility index (Phi) is 5.43. The van der Waals surface area contributed by atoms with Crippen LogP contribution in [0.5, 0.6) is 5.88 Å².